The molecule has 0 amide bonds. The van der Waals surface area contributed by atoms with Crippen LogP contribution in [0.1, 0.15) is 0 Å². The maximum atomic E-state index is 6.68. The van der Waals surface area contributed by atoms with Crippen LogP contribution in [0.2, 0.25) is 13.1 Å². The molecule has 5 rings (SSSR count). The zero-order chi connectivity index (χ0) is 17.7. The molecule has 0 atom stereocenters. The number of pyridine rings is 1. The fourth-order valence-corrected chi connectivity index (χ4v) is 6.05. The van der Waals surface area contributed by atoms with Crippen LogP contribution in [0.4, 0.5) is 0 Å². The standard InChI is InChI=1S/C23H19NOSi/c1-26(2)22-15-17-9-4-3-8-16(17)14-20(22)18-10-7-11-19(23(18)25-26)21-12-5-6-13-24-21/h3-15H,1-2H3. The predicted molar refractivity (Wildman–Crippen MR) is 110 cm³/mol. The van der Waals surface area contributed by atoms with Gasteiger partial charge in [-0.3, -0.25) is 4.98 Å². The normalized spacial score (nSPS) is 14.4. The second-order valence-electron chi connectivity index (χ2n) is 7.25. The number of aromatic nitrogens is 1. The first-order chi connectivity index (χ1) is 12.6. The van der Waals surface area contributed by atoms with Gasteiger partial charge in [0.1, 0.15) is 5.75 Å². The highest BCUT2D eigenvalue weighted by molar-refractivity contribution is 6.86. The van der Waals surface area contributed by atoms with E-state index in [-0.39, 0.29) is 0 Å². The van der Waals surface area contributed by atoms with Crippen LogP contribution in [0.15, 0.2) is 79.0 Å². The smallest absolute Gasteiger partial charge is 0.277 e. The summed E-state index contributed by atoms with van der Waals surface area (Å²) < 4.78 is 6.68. The highest BCUT2D eigenvalue weighted by atomic mass is 28.4. The Hall–Kier alpha value is -2.91. The molecule has 1 aromatic heterocycles. The van der Waals surface area contributed by atoms with E-state index in [2.05, 4.69) is 72.7 Å². The summed E-state index contributed by atoms with van der Waals surface area (Å²) in [5, 5.41) is 3.91. The molecule has 0 saturated carbocycles. The highest BCUT2D eigenvalue weighted by Crippen LogP contribution is 2.43. The second kappa shape index (κ2) is 5.54. The van der Waals surface area contributed by atoms with Gasteiger partial charge in [0, 0.05) is 17.3 Å². The number of nitrogens with zero attached hydrogens (tertiary/aromatic N) is 1. The number of hydrogen-bond acceptors (Lipinski definition) is 2. The van der Waals surface area contributed by atoms with Gasteiger partial charge in [-0.25, -0.2) is 0 Å². The highest BCUT2D eigenvalue weighted by Gasteiger charge is 2.37. The van der Waals surface area contributed by atoms with E-state index in [9.17, 15) is 0 Å². The predicted octanol–water partition coefficient (Wildman–Crippen LogP) is 5.37. The van der Waals surface area contributed by atoms with Gasteiger partial charge >= 0.3 is 0 Å². The maximum absolute atomic E-state index is 6.68. The Kier molecular flexibility index (Phi) is 3.27. The van der Waals surface area contributed by atoms with Gasteiger partial charge < -0.3 is 4.43 Å². The lowest BCUT2D eigenvalue weighted by molar-refractivity contribution is 0.564. The third-order valence-electron chi connectivity index (χ3n) is 5.14. The van der Waals surface area contributed by atoms with Gasteiger partial charge in [-0.05, 0) is 58.9 Å². The number of rotatable bonds is 1. The van der Waals surface area contributed by atoms with E-state index >= 15 is 0 Å². The van der Waals surface area contributed by atoms with Gasteiger partial charge in [0.15, 0.2) is 0 Å². The molecular weight excluding hydrogens is 334 g/mol. The number of benzene rings is 3. The second-order valence-corrected chi connectivity index (χ2v) is 11.0. The molecule has 2 heterocycles. The SMILES string of the molecule is C[Si]1(C)Oc2c(-c3ccccn3)cccc2-c2cc3ccccc3cc21. The maximum Gasteiger partial charge on any atom is 0.277 e. The largest absolute Gasteiger partial charge is 0.539 e. The van der Waals surface area contributed by atoms with Gasteiger partial charge in [0.25, 0.3) is 8.32 Å². The Balaban J connectivity index is 1.83. The van der Waals surface area contributed by atoms with Crippen LogP contribution in [0.5, 0.6) is 5.75 Å². The fraction of sp³-hybridized carbons (Fsp3) is 0.0870. The van der Waals surface area contributed by atoms with Crippen LogP contribution in [0.25, 0.3) is 33.2 Å². The Morgan fingerprint density at radius 2 is 1.46 bits per heavy atom. The first-order valence-corrected chi connectivity index (χ1v) is 11.8. The molecular formula is C23H19NOSi. The zero-order valence-corrected chi connectivity index (χ0v) is 15.9. The lowest BCUT2D eigenvalue weighted by Crippen LogP contribution is -2.51. The number of hydrogen-bond donors (Lipinski definition) is 0. The average molecular weight is 353 g/mol. The van der Waals surface area contributed by atoms with Crippen molar-refractivity contribution in [3.63, 3.8) is 0 Å². The molecule has 0 unspecified atom stereocenters. The molecule has 0 bridgehead atoms. The molecule has 4 aromatic rings. The topological polar surface area (TPSA) is 22.1 Å². The molecule has 0 fully saturated rings. The molecule has 0 spiro atoms. The van der Waals surface area contributed by atoms with Crippen LogP contribution < -0.4 is 9.61 Å². The Labute approximate surface area is 154 Å². The van der Waals surface area contributed by atoms with Crippen LogP contribution in [0.3, 0.4) is 0 Å². The van der Waals surface area contributed by atoms with Gasteiger partial charge in [-0.2, -0.15) is 0 Å². The Morgan fingerprint density at radius 1 is 0.731 bits per heavy atom. The van der Waals surface area contributed by atoms with Crippen molar-refractivity contribution in [1.29, 1.82) is 0 Å². The molecule has 1 aliphatic heterocycles. The molecule has 0 saturated heterocycles. The molecule has 0 radical (unpaired) electrons. The third-order valence-corrected chi connectivity index (χ3v) is 7.56. The Morgan fingerprint density at radius 3 is 2.23 bits per heavy atom. The van der Waals surface area contributed by atoms with Crippen molar-refractivity contribution in [2.75, 3.05) is 0 Å². The number of para-hydroxylation sites is 1. The third kappa shape index (κ3) is 2.28. The van der Waals surface area contributed by atoms with E-state index in [0.29, 0.717) is 0 Å². The minimum Gasteiger partial charge on any atom is -0.539 e. The van der Waals surface area contributed by atoms with Crippen molar-refractivity contribution in [1.82, 2.24) is 4.98 Å². The van der Waals surface area contributed by atoms with Crippen LogP contribution in [0, 0.1) is 0 Å². The van der Waals surface area contributed by atoms with E-state index in [1.165, 1.54) is 27.1 Å². The van der Waals surface area contributed by atoms with Crippen molar-refractivity contribution in [3.05, 3.63) is 79.0 Å². The molecule has 26 heavy (non-hydrogen) atoms. The summed E-state index contributed by atoms with van der Waals surface area (Å²) in [5.74, 6) is 0.977. The molecule has 0 N–H and O–H groups in total. The lowest BCUT2D eigenvalue weighted by Gasteiger charge is -2.34. The molecule has 1 aliphatic rings. The van der Waals surface area contributed by atoms with Crippen molar-refractivity contribution in [3.8, 4) is 28.1 Å². The van der Waals surface area contributed by atoms with Gasteiger partial charge in [-0.1, -0.05) is 48.5 Å². The van der Waals surface area contributed by atoms with E-state index in [4.69, 9.17) is 4.43 Å². The quantitative estimate of drug-likeness (QED) is 0.429. The summed E-state index contributed by atoms with van der Waals surface area (Å²) in [6, 6.07) is 25.6. The first-order valence-electron chi connectivity index (χ1n) is 8.90. The molecule has 3 aromatic carbocycles. The van der Waals surface area contributed by atoms with Crippen molar-refractivity contribution in [2.24, 2.45) is 0 Å². The monoisotopic (exact) mass is 353 g/mol. The van der Waals surface area contributed by atoms with Crippen molar-refractivity contribution < 1.29 is 4.43 Å². The summed E-state index contributed by atoms with van der Waals surface area (Å²) >= 11 is 0. The van der Waals surface area contributed by atoms with Gasteiger partial charge in [0.2, 0.25) is 0 Å². The summed E-state index contributed by atoms with van der Waals surface area (Å²) in [6.45, 7) is 4.55. The Bertz CT molecular complexity index is 1140. The summed E-state index contributed by atoms with van der Waals surface area (Å²) in [7, 11) is -2.07. The van der Waals surface area contributed by atoms with Gasteiger partial charge in [0.05, 0.1) is 5.69 Å². The fourth-order valence-electron chi connectivity index (χ4n) is 3.85. The average Bonchev–Trinajstić information content (AvgIpc) is 2.67. The van der Waals surface area contributed by atoms with E-state index < -0.39 is 8.32 Å². The summed E-state index contributed by atoms with van der Waals surface area (Å²) in [4.78, 5) is 4.55. The van der Waals surface area contributed by atoms with E-state index in [1.807, 2.05) is 24.4 Å². The van der Waals surface area contributed by atoms with Gasteiger partial charge in [-0.15, -0.1) is 0 Å². The van der Waals surface area contributed by atoms with Crippen LogP contribution >= 0.6 is 0 Å². The number of fused-ring (bicyclic) bond motifs is 4. The first kappa shape index (κ1) is 15.4. The zero-order valence-electron chi connectivity index (χ0n) is 14.9. The molecule has 3 heteroatoms. The molecule has 2 nitrogen and oxygen atoms in total. The van der Waals surface area contributed by atoms with E-state index in [0.717, 1.165) is 17.0 Å². The van der Waals surface area contributed by atoms with Crippen molar-refractivity contribution in [2.45, 2.75) is 13.1 Å². The minimum atomic E-state index is -2.07. The van der Waals surface area contributed by atoms with Crippen molar-refractivity contribution >= 4 is 24.3 Å². The molecule has 0 aliphatic carbocycles. The van der Waals surface area contributed by atoms with Crippen LogP contribution in [-0.4, -0.2) is 13.3 Å². The summed E-state index contributed by atoms with van der Waals surface area (Å²) in [5.41, 5.74) is 4.50. The van der Waals surface area contributed by atoms with E-state index in [1.54, 1.807) is 0 Å². The lowest BCUT2D eigenvalue weighted by atomic mass is 9.97. The van der Waals surface area contributed by atoms with Crippen LogP contribution in [-0.2, 0) is 0 Å². The minimum absolute atomic E-state index is 0.957. The summed E-state index contributed by atoms with van der Waals surface area (Å²) in [6.07, 6.45) is 1.83. The molecule has 126 valence electrons.